The Morgan fingerprint density at radius 3 is 2.83 bits per heavy atom. The minimum absolute atomic E-state index is 0.306. The van der Waals surface area contributed by atoms with Crippen molar-refractivity contribution in [3.63, 3.8) is 0 Å². The van der Waals surface area contributed by atoms with Gasteiger partial charge in [-0.3, -0.25) is 0 Å². The Morgan fingerprint density at radius 1 is 1.44 bits per heavy atom. The molecule has 0 spiro atoms. The first-order valence-corrected chi connectivity index (χ1v) is 8.05. The summed E-state index contributed by atoms with van der Waals surface area (Å²) in [7, 11) is 2.03. The third kappa shape index (κ3) is 2.98. The van der Waals surface area contributed by atoms with Crippen LogP contribution >= 0.6 is 35.0 Å². The van der Waals surface area contributed by atoms with Gasteiger partial charge in [-0.15, -0.1) is 0 Å². The van der Waals surface area contributed by atoms with Crippen LogP contribution in [0.25, 0.3) is 0 Å². The maximum absolute atomic E-state index is 6.28. The molecule has 1 aliphatic heterocycles. The average Bonchev–Trinajstić information content (AvgIpc) is 2.79. The summed E-state index contributed by atoms with van der Waals surface area (Å²) in [4.78, 5) is 0. The molecule has 0 saturated carbocycles. The van der Waals surface area contributed by atoms with Gasteiger partial charge in [-0.2, -0.15) is 11.8 Å². The van der Waals surface area contributed by atoms with E-state index in [1.165, 1.54) is 18.6 Å². The Balaban J connectivity index is 2.17. The van der Waals surface area contributed by atoms with E-state index in [1.807, 2.05) is 19.2 Å². The number of rotatable bonds is 4. The number of nitrogens with one attached hydrogen (secondary N) is 1. The van der Waals surface area contributed by atoms with E-state index in [0.717, 1.165) is 12.0 Å². The standard InChI is InChI=1S/C14H19Cl2NS/c1-14(7-4-8-18-14)12(17-2)9-10-5-3-6-11(15)13(10)16/h3,5-6,12,17H,4,7-9H2,1-2H3. The number of hydrogen-bond acceptors (Lipinski definition) is 2. The van der Waals surface area contributed by atoms with Crippen molar-refractivity contribution < 1.29 is 0 Å². The number of halogens is 2. The van der Waals surface area contributed by atoms with Gasteiger partial charge in [-0.05, 0) is 50.6 Å². The third-order valence-corrected chi connectivity index (χ3v) is 6.29. The molecule has 2 unspecified atom stereocenters. The van der Waals surface area contributed by atoms with Crippen molar-refractivity contribution in [2.45, 2.75) is 37.0 Å². The Morgan fingerprint density at radius 2 is 2.22 bits per heavy atom. The number of hydrogen-bond donors (Lipinski definition) is 1. The highest BCUT2D eigenvalue weighted by molar-refractivity contribution is 8.00. The second-order valence-electron chi connectivity index (χ2n) is 5.02. The van der Waals surface area contributed by atoms with Gasteiger partial charge in [0, 0.05) is 10.8 Å². The lowest BCUT2D eigenvalue weighted by Crippen LogP contribution is -2.45. The summed E-state index contributed by atoms with van der Waals surface area (Å²) in [6, 6.07) is 6.32. The molecule has 2 rings (SSSR count). The molecule has 100 valence electrons. The van der Waals surface area contributed by atoms with Crippen LogP contribution in [-0.2, 0) is 6.42 Å². The SMILES string of the molecule is CNC(Cc1cccc(Cl)c1Cl)C1(C)CCCS1. The molecule has 1 saturated heterocycles. The van der Waals surface area contributed by atoms with Crippen molar-refractivity contribution in [1.82, 2.24) is 5.32 Å². The first-order chi connectivity index (χ1) is 8.57. The van der Waals surface area contributed by atoms with Crippen LogP contribution < -0.4 is 5.32 Å². The van der Waals surface area contributed by atoms with Gasteiger partial charge in [-0.1, -0.05) is 35.3 Å². The smallest absolute Gasteiger partial charge is 0.0624 e. The fourth-order valence-electron chi connectivity index (χ4n) is 2.62. The molecule has 18 heavy (non-hydrogen) atoms. The van der Waals surface area contributed by atoms with Gasteiger partial charge >= 0.3 is 0 Å². The molecule has 1 aromatic carbocycles. The van der Waals surface area contributed by atoms with Gasteiger partial charge in [0.2, 0.25) is 0 Å². The van der Waals surface area contributed by atoms with Crippen molar-refractivity contribution >= 4 is 35.0 Å². The second-order valence-corrected chi connectivity index (χ2v) is 7.44. The van der Waals surface area contributed by atoms with E-state index >= 15 is 0 Å². The minimum Gasteiger partial charge on any atom is -0.315 e. The molecule has 0 radical (unpaired) electrons. The van der Waals surface area contributed by atoms with Crippen LogP contribution in [0.2, 0.25) is 10.0 Å². The summed E-state index contributed by atoms with van der Waals surface area (Å²) in [6.45, 7) is 2.35. The van der Waals surface area contributed by atoms with E-state index in [4.69, 9.17) is 23.2 Å². The molecule has 1 aromatic rings. The van der Waals surface area contributed by atoms with Gasteiger partial charge in [-0.25, -0.2) is 0 Å². The van der Waals surface area contributed by atoms with Gasteiger partial charge in [0.15, 0.2) is 0 Å². The van der Waals surface area contributed by atoms with Gasteiger partial charge in [0.05, 0.1) is 10.0 Å². The number of likely N-dealkylation sites (N-methyl/N-ethyl adjacent to an activating group) is 1. The summed E-state index contributed by atoms with van der Waals surface area (Å²) in [5.74, 6) is 1.26. The predicted octanol–water partition coefficient (Wildman–Crippen LogP) is 4.41. The van der Waals surface area contributed by atoms with E-state index in [-0.39, 0.29) is 0 Å². The van der Waals surface area contributed by atoms with Crippen LogP contribution in [-0.4, -0.2) is 23.6 Å². The molecule has 1 aliphatic rings. The zero-order chi connectivity index (χ0) is 13.2. The fraction of sp³-hybridized carbons (Fsp3) is 0.571. The van der Waals surface area contributed by atoms with Crippen LogP contribution in [0.5, 0.6) is 0 Å². The van der Waals surface area contributed by atoms with Crippen LogP contribution in [0.15, 0.2) is 18.2 Å². The van der Waals surface area contributed by atoms with E-state index in [9.17, 15) is 0 Å². The molecule has 0 aromatic heterocycles. The lowest BCUT2D eigenvalue weighted by Gasteiger charge is -2.33. The molecule has 0 bridgehead atoms. The van der Waals surface area contributed by atoms with E-state index in [0.29, 0.717) is 20.8 Å². The summed E-state index contributed by atoms with van der Waals surface area (Å²) >= 11 is 14.4. The quantitative estimate of drug-likeness (QED) is 0.884. The normalized spacial score (nSPS) is 25.3. The second kappa shape index (κ2) is 6.04. The Labute approximate surface area is 124 Å². The largest absolute Gasteiger partial charge is 0.315 e. The summed E-state index contributed by atoms with van der Waals surface area (Å²) < 4.78 is 0.306. The van der Waals surface area contributed by atoms with Crippen molar-refractivity contribution in [3.8, 4) is 0 Å². The highest BCUT2D eigenvalue weighted by Gasteiger charge is 2.37. The lowest BCUT2D eigenvalue weighted by molar-refractivity contribution is 0.424. The Bertz CT molecular complexity index is 416. The predicted molar refractivity (Wildman–Crippen MR) is 83.1 cm³/mol. The molecule has 4 heteroatoms. The highest BCUT2D eigenvalue weighted by Crippen LogP contribution is 2.42. The Kier molecular flexibility index (Phi) is 4.87. The molecule has 1 fully saturated rings. The molecular formula is C14H19Cl2NS. The molecule has 2 atom stereocenters. The van der Waals surface area contributed by atoms with Crippen LogP contribution in [0.3, 0.4) is 0 Å². The average molecular weight is 304 g/mol. The van der Waals surface area contributed by atoms with Crippen LogP contribution in [0.4, 0.5) is 0 Å². The van der Waals surface area contributed by atoms with Crippen molar-refractivity contribution in [3.05, 3.63) is 33.8 Å². The summed E-state index contributed by atoms with van der Waals surface area (Å²) in [5.41, 5.74) is 1.14. The Hall–Kier alpha value is 0.110. The highest BCUT2D eigenvalue weighted by atomic mass is 35.5. The molecule has 1 heterocycles. The van der Waals surface area contributed by atoms with E-state index in [1.54, 1.807) is 0 Å². The van der Waals surface area contributed by atoms with Crippen molar-refractivity contribution in [2.75, 3.05) is 12.8 Å². The van der Waals surface area contributed by atoms with Gasteiger partial charge < -0.3 is 5.32 Å². The fourth-order valence-corrected chi connectivity index (χ4v) is 4.47. The van der Waals surface area contributed by atoms with Crippen LogP contribution in [0, 0.1) is 0 Å². The number of thioether (sulfide) groups is 1. The topological polar surface area (TPSA) is 12.0 Å². The van der Waals surface area contributed by atoms with E-state index in [2.05, 4.69) is 30.1 Å². The number of benzene rings is 1. The van der Waals surface area contributed by atoms with Crippen LogP contribution in [0.1, 0.15) is 25.3 Å². The lowest BCUT2D eigenvalue weighted by atomic mass is 9.91. The molecular weight excluding hydrogens is 285 g/mol. The summed E-state index contributed by atoms with van der Waals surface area (Å²) in [6.07, 6.45) is 3.50. The monoisotopic (exact) mass is 303 g/mol. The maximum atomic E-state index is 6.28. The summed E-state index contributed by atoms with van der Waals surface area (Å²) in [5, 5.41) is 4.80. The van der Waals surface area contributed by atoms with Crippen molar-refractivity contribution in [1.29, 1.82) is 0 Å². The molecule has 0 amide bonds. The molecule has 1 nitrogen and oxygen atoms in total. The third-order valence-electron chi connectivity index (χ3n) is 3.79. The van der Waals surface area contributed by atoms with E-state index < -0.39 is 0 Å². The van der Waals surface area contributed by atoms with Gasteiger partial charge in [0.1, 0.15) is 0 Å². The maximum Gasteiger partial charge on any atom is 0.0624 e. The first-order valence-electron chi connectivity index (χ1n) is 6.31. The zero-order valence-corrected chi connectivity index (χ0v) is 13.1. The zero-order valence-electron chi connectivity index (χ0n) is 10.8. The first kappa shape index (κ1) is 14.5. The van der Waals surface area contributed by atoms with Crippen molar-refractivity contribution in [2.24, 2.45) is 0 Å². The molecule has 1 N–H and O–H groups in total. The molecule has 0 aliphatic carbocycles. The van der Waals surface area contributed by atoms with Gasteiger partial charge in [0.25, 0.3) is 0 Å². The minimum atomic E-state index is 0.306.